The molecule has 0 aromatic heterocycles. The van der Waals surface area contributed by atoms with Crippen molar-refractivity contribution < 1.29 is 23.9 Å². The van der Waals surface area contributed by atoms with Gasteiger partial charge < -0.3 is 19.4 Å². The summed E-state index contributed by atoms with van der Waals surface area (Å²) in [7, 11) is 0. The van der Waals surface area contributed by atoms with Crippen LogP contribution in [0, 0.1) is 40.9 Å². The van der Waals surface area contributed by atoms with Crippen LogP contribution in [0.4, 0.5) is 11.4 Å². The van der Waals surface area contributed by atoms with E-state index in [-0.39, 0.29) is 52.4 Å². The summed E-state index contributed by atoms with van der Waals surface area (Å²) in [4.78, 5) is 60.1. The molecule has 0 bridgehead atoms. The van der Waals surface area contributed by atoms with E-state index in [0.29, 0.717) is 37.2 Å². The Bertz CT molecular complexity index is 2250. The van der Waals surface area contributed by atoms with Crippen molar-refractivity contribution >= 4 is 34.7 Å². The predicted octanol–water partition coefficient (Wildman–Crippen LogP) is 16.4. The van der Waals surface area contributed by atoms with Crippen molar-refractivity contribution in [1.82, 2.24) is 4.90 Å². The molecule has 8 heteroatoms. The highest BCUT2D eigenvalue weighted by molar-refractivity contribution is 5.98. The van der Waals surface area contributed by atoms with Crippen LogP contribution in [0.2, 0.25) is 0 Å². The number of carbonyl (C=O) groups is 4. The Balaban J connectivity index is 0.877. The van der Waals surface area contributed by atoms with Gasteiger partial charge in [0.05, 0.1) is 13.0 Å². The van der Waals surface area contributed by atoms with Crippen LogP contribution in [0.5, 0.6) is 0 Å². The zero-order chi connectivity index (χ0) is 54.0. The van der Waals surface area contributed by atoms with Crippen molar-refractivity contribution in [2.75, 3.05) is 42.6 Å². The summed E-state index contributed by atoms with van der Waals surface area (Å²) < 4.78 is 5.68. The third kappa shape index (κ3) is 18.9. The van der Waals surface area contributed by atoms with Crippen molar-refractivity contribution in [3.05, 3.63) is 95.0 Å². The standard InChI is InChI=1S/C67H101N3O5/c1-51(2)47-68-42-39-65(4,5)58(48-68)63(73)37-38-64(74)75-45-21-26-53-22-16-14-15-17-23-54(25-20-24-53)46-55-31-35-57(36-32-55)70-44-41-67(8,9)60(50-70)62(72)28-19-13-11-10-12-18-27-61(71)59-49-69(43-40-66(59,6)7)56-33-29-52(3)30-34-56/h29-36,48-51,53-54H,10-28,37-47H2,1-9H3. The minimum atomic E-state index is -0.249. The van der Waals surface area contributed by atoms with Gasteiger partial charge in [-0.2, -0.15) is 0 Å². The Morgan fingerprint density at radius 2 is 1.00 bits per heavy atom. The highest BCUT2D eigenvalue weighted by Crippen LogP contribution is 2.40. The number of anilines is 2. The number of aryl methyl sites for hydroxylation is 1. The molecule has 75 heavy (non-hydrogen) atoms. The molecule has 1 fully saturated rings. The third-order valence-corrected chi connectivity index (χ3v) is 17.5. The van der Waals surface area contributed by atoms with Crippen LogP contribution >= 0.6 is 0 Å². The fraction of sp³-hybridized carbons (Fsp3) is 0.672. The minimum absolute atomic E-state index is 0.0803. The van der Waals surface area contributed by atoms with Gasteiger partial charge in [-0.25, -0.2) is 0 Å². The summed E-state index contributed by atoms with van der Waals surface area (Å²) in [5.41, 5.74) is 7.34. The van der Waals surface area contributed by atoms with Crippen LogP contribution < -0.4 is 9.80 Å². The molecule has 1 aliphatic carbocycles. The smallest absolute Gasteiger partial charge is 0.306 e. The van der Waals surface area contributed by atoms with Crippen LogP contribution in [0.25, 0.3) is 0 Å². The molecule has 2 atom stereocenters. The molecule has 2 unspecified atom stereocenters. The number of carbonyl (C=O) groups excluding carboxylic acids is 4. The first kappa shape index (κ1) is 59.8. The lowest BCUT2D eigenvalue weighted by Crippen LogP contribution is -2.36. The zero-order valence-electron chi connectivity index (χ0n) is 48.7. The average molecular weight is 1030 g/mol. The van der Waals surface area contributed by atoms with Crippen molar-refractivity contribution in [3.63, 3.8) is 0 Å². The van der Waals surface area contributed by atoms with Gasteiger partial charge in [0.15, 0.2) is 17.3 Å². The largest absolute Gasteiger partial charge is 0.466 e. The van der Waals surface area contributed by atoms with Gasteiger partial charge in [-0.3, -0.25) is 19.2 Å². The Hall–Kier alpha value is -4.46. The maximum atomic E-state index is 13.8. The number of rotatable bonds is 25. The maximum Gasteiger partial charge on any atom is 0.306 e. The monoisotopic (exact) mass is 1030 g/mol. The number of unbranched alkanes of at least 4 members (excludes halogenated alkanes) is 5. The van der Waals surface area contributed by atoms with E-state index in [1.54, 1.807) is 0 Å². The van der Waals surface area contributed by atoms with E-state index >= 15 is 0 Å². The van der Waals surface area contributed by atoms with Crippen LogP contribution in [-0.2, 0) is 30.3 Å². The topological polar surface area (TPSA) is 87.2 Å². The number of nitrogens with zero attached hydrogens (tertiary/aromatic N) is 3. The summed E-state index contributed by atoms with van der Waals surface area (Å²) in [6.45, 7) is 23.9. The van der Waals surface area contributed by atoms with Gasteiger partial charge in [0, 0.05) is 92.1 Å². The number of esters is 1. The fourth-order valence-corrected chi connectivity index (χ4v) is 12.3. The molecular weight excluding hydrogens is 927 g/mol. The number of benzene rings is 2. The molecule has 4 aliphatic rings. The molecule has 0 N–H and O–H groups in total. The van der Waals surface area contributed by atoms with E-state index in [0.717, 1.165) is 126 Å². The third-order valence-electron chi connectivity index (χ3n) is 17.5. The predicted molar refractivity (Wildman–Crippen MR) is 312 cm³/mol. The van der Waals surface area contributed by atoms with Crippen LogP contribution in [-0.4, -0.2) is 61.0 Å². The van der Waals surface area contributed by atoms with E-state index in [4.69, 9.17) is 4.74 Å². The van der Waals surface area contributed by atoms with E-state index < -0.39 is 0 Å². The van der Waals surface area contributed by atoms with Gasteiger partial charge in [0.2, 0.25) is 0 Å². The summed E-state index contributed by atoms with van der Waals surface area (Å²) in [5, 5.41) is 0. The Morgan fingerprint density at radius 3 is 1.56 bits per heavy atom. The van der Waals surface area contributed by atoms with Gasteiger partial charge in [0.1, 0.15) is 0 Å². The summed E-state index contributed by atoms with van der Waals surface area (Å²) in [5.74, 6) is 2.30. The van der Waals surface area contributed by atoms with E-state index in [9.17, 15) is 19.2 Å². The molecule has 0 spiro atoms. The fourth-order valence-electron chi connectivity index (χ4n) is 12.3. The Morgan fingerprint density at radius 1 is 0.533 bits per heavy atom. The van der Waals surface area contributed by atoms with Gasteiger partial charge in [-0.1, -0.05) is 169 Å². The molecular formula is C67H101N3O5. The van der Waals surface area contributed by atoms with E-state index in [2.05, 4.69) is 144 Å². The SMILES string of the molecule is Cc1ccc(N2C=C(C(=O)CCCCCCCCC(=O)C3=CN(c4ccc(CC5CCCCCCC(CCCOC(=O)CCC(=O)C6=CN(CC(C)C)CCC6(C)C)CCC5)cc4)CCC3(C)C)C(C)(C)CC2)cc1. The van der Waals surface area contributed by atoms with Crippen LogP contribution in [0.1, 0.15) is 221 Å². The lowest BCUT2D eigenvalue weighted by Gasteiger charge is -2.37. The van der Waals surface area contributed by atoms with Crippen LogP contribution in [0.15, 0.2) is 83.9 Å². The lowest BCUT2D eigenvalue weighted by atomic mass is 9.76. The molecule has 6 rings (SSSR count). The molecule has 3 aliphatic heterocycles. The normalized spacial score (nSPS) is 21.1. The minimum Gasteiger partial charge on any atom is -0.466 e. The van der Waals surface area contributed by atoms with Gasteiger partial charge in [0.25, 0.3) is 0 Å². The number of hydrogen-bond acceptors (Lipinski definition) is 8. The van der Waals surface area contributed by atoms with E-state index in [1.807, 2.05) is 0 Å². The van der Waals surface area contributed by atoms with Crippen molar-refractivity contribution in [2.45, 2.75) is 223 Å². The first-order chi connectivity index (χ1) is 35.8. The number of Topliss-reactive ketones (excluding diaryl/α,β-unsaturated/α-hetero) is 3. The lowest BCUT2D eigenvalue weighted by molar-refractivity contribution is -0.144. The molecule has 414 valence electrons. The summed E-state index contributed by atoms with van der Waals surface area (Å²) >= 11 is 0. The molecule has 2 aromatic rings. The second-order valence-corrected chi connectivity index (χ2v) is 25.9. The first-order valence-corrected chi connectivity index (χ1v) is 30.1. The number of ether oxygens (including phenoxy) is 1. The second-order valence-electron chi connectivity index (χ2n) is 25.9. The second kappa shape index (κ2) is 28.8. The van der Waals surface area contributed by atoms with Gasteiger partial charge in [-0.05, 0) is 122 Å². The number of hydrogen-bond donors (Lipinski definition) is 0. The zero-order valence-corrected chi connectivity index (χ0v) is 48.7. The Labute approximate surface area is 456 Å². The Kier molecular flexibility index (Phi) is 22.9. The van der Waals surface area contributed by atoms with Crippen LogP contribution in [0.3, 0.4) is 0 Å². The molecule has 2 aromatic carbocycles. The highest BCUT2D eigenvalue weighted by Gasteiger charge is 2.35. The summed E-state index contributed by atoms with van der Waals surface area (Å²) in [6.07, 6.45) is 31.5. The van der Waals surface area contributed by atoms with Gasteiger partial charge in [-0.15, -0.1) is 0 Å². The molecule has 0 amide bonds. The molecule has 0 saturated heterocycles. The summed E-state index contributed by atoms with van der Waals surface area (Å²) in [6, 6.07) is 17.8. The molecule has 3 heterocycles. The van der Waals surface area contributed by atoms with Crippen molar-refractivity contribution in [1.29, 1.82) is 0 Å². The molecule has 8 nitrogen and oxygen atoms in total. The first-order valence-electron chi connectivity index (χ1n) is 30.1. The number of allylic oxidation sites excluding steroid dienone is 3. The molecule has 0 radical (unpaired) electrons. The van der Waals surface area contributed by atoms with E-state index in [1.165, 1.54) is 74.6 Å². The van der Waals surface area contributed by atoms with Gasteiger partial charge >= 0.3 is 5.97 Å². The quantitative estimate of drug-likeness (QED) is 0.0718. The van der Waals surface area contributed by atoms with Crippen molar-refractivity contribution in [2.24, 2.45) is 34.0 Å². The highest BCUT2D eigenvalue weighted by atomic mass is 16.5. The molecule has 1 saturated carbocycles. The average Bonchev–Trinajstić information content (AvgIpc) is 3.41. The van der Waals surface area contributed by atoms with Crippen molar-refractivity contribution in [3.8, 4) is 0 Å². The maximum absolute atomic E-state index is 13.8. The number of ketones is 3.